The van der Waals surface area contributed by atoms with Crippen LogP contribution in [0.2, 0.25) is 0 Å². The first-order chi connectivity index (χ1) is 12.7. The first-order valence-corrected chi connectivity index (χ1v) is 9.87. The lowest BCUT2D eigenvalue weighted by atomic mass is 10.2. The molecular formula is C20H14N2O2S2. The van der Waals surface area contributed by atoms with Crippen molar-refractivity contribution in [1.29, 1.82) is 0 Å². The average molecular weight is 378 g/mol. The van der Waals surface area contributed by atoms with Crippen molar-refractivity contribution in [3.05, 3.63) is 87.3 Å². The number of rotatable bonds is 5. The third-order valence-corrected chi connectivity index (χ3v) is 5.74. The molecule has 0 amide bonds. The number of Topliss-reactive ketones (excluding diaryl/α,β-unsaturated/α-hetero) is 1. The van der Waals surface area contributed by atoms with Crippen LogP contribution in [0.4, 0.5) is 0 Å². The van der Waals surface area contributed by atoms with Crippen molar-refractivity contribution >= 4 is 39.8 Å². The zero-order valence-electron chi connectivity index (χ0n) is 13.7. The van der Waals surface area contributed by atoms with Crippen LogP contribution in [0.25, 0.3) is 16.6 Å². The van der Waals surface area contributed by atoms with Crippen LogP contribution < -0.4 is 5.56 Å². The molecule has 4 nitrogen and oxygen atoms in total. The molecule has 2 heterocycles. The van der Waals surface area contributed by atoms with Gasteiger partial charge in [-0.2, -0.15) is 0 Å². The molecule has 0 fully saturated rings. The van der Waals surface area contributed by atoms with Gasteiger partial charge < -0.3 is 0 Å². The van der Waals surface area contributed by atoms with E-state index in [1.165, 1.54) is 23.1 Å². The van der Waals surface area contributed by atoms with Gasteiger partial charge in [0.15, 0.2) is 10.9 Å². The van der Waals surface area contributed by atoms with Crippen LogP contribution in [0, 0.1) is 0 Å². The summed E-state index contributed by atoms with van der Waals surface area (Å²) in [5.41, 5.74) is 1.24. The molecule has 0 bridgehead atoms. The van der Waals surface area contributed by atoms with E-state index in [1.54, 1.807) is 10.6 Å². The molecule has 0 aliphatic rings. The predicted octanol–water partition coefficient (Wildman–Crippen LogP) is 4.42. The van der Waals surface area contributed by atoms with Gasteiger partial charge >= 0.3 is 0 Å². The van der Waals surface area contributed by atoms with Crippen molar-refractivity contribution in [3.63, 3.8) is 0 Å². The quantitative estimate of drug-likeness (QED) is 0.293. The van der Waals surface area contributed by atoms with Crippen molar-refractivity contribution in [1.82, 2.24) is 9.55 Å². The molecule has 128 valence electrons. The van der Waals surface area contributed by atoms with E-state index in [9.17, 15) is 9.59 Å². The van der Waals surface area contributed by atoms with Gasteiger partial charge in [0.05, 0.1) is 27.2 Å². The molecule has 6 heteroatoms. The largest absolute Gasteiger partial charge is 0.292 e. The van der Waals surface area contributed by atoms with Gasteiger partial charge in [0.1, 0.15) is 0 Å². The molecule has 0 radical (unpaired) electrons. The second-order valence-corrected chi connectivity index (χ2v) is 7.47. The molecule has 0 N–H and O–H groups in total. The number of hydrogen-bond donors (Lipinski definition) is 0. The Hall–Kier alpha value is -2.70. The Morgan fingerprint density at radius 2 is 1.77 bits per heavy atom. The number of fused-ring (bicyclic) bond motifs is 1. The van der Waals surface area contributed by atoms with Crippen molar-refractivity contribution in [2.45, 2.75) is 5.16 Å². The van der Waals surface area contributed by atoms with Crippen molar-refractivity contribution < 1.29 is 4.79 Å². The highest BCUT2D eigenvalue weighted by Crippen LogP contribution is 2.23. The Bertz CT molecular complexity index is 1120. The van der Waals surface area contributed by atoms with Gasteiger partial charge in [0.2, 0.25) is 0 Å². The molecule has 0 aliphatic carbocycles. The number of aromatic nitrogens is 2. The molecule has 2 aromatic carbocycles. The fraction of sp³-hybridized carbons (Fsp3) is 0.0500. The van der Waals surface area contributed by atoms with Gasteiger partial charge in [0.25, 0.3) is 5.56 Å². The number of carbonyl (C=O) groups is 1. The Balaban J connectivity index is 1.79. The summed E-state index contributed by atoms with van der Waals surface area (Å²) in [6.07, 6.45) is 0. The van der Waals surface area contributed by atoms with Crippen LogP contribution in [-0.4, -0.2) is 21.1 Å². The second kappa shape index (κ2) is 7.27. The highest BCUT2D eigenvalue weighted by atomic mass is 32.2. The molecule has 26 heavy (non-hydrogen) atoms. The molecule has 4 aromatic rings. The monoisotopic (exact) mass is 378 g/mol. The Labute approximate surface area is 158 Å². The van der Waals surface area contributed by atoms with Crippen LogP contribution in [-0.2, 0) is 0 Å². The molecule has 0 unspecified atom stereocenters. The maximum atomic E-state index is 13.0. The Morgan fingerprint density at radius 1 is 1.00 bits per heavy atom. The third kappa shape index (κ3) is 3.21. The van der Waals surface area contributed by atoms with Crippen LogP contribution >= 0.6 is 23.1 Å². The summed E-state index contributed by atoms with van der Waals surface area (Å²) in [5, 5.41) is 2.96. The highest BCUT2D eigenvalue weighted by molar-refractivity contribution is 7.99. The summed E-state index contributed by atoms with van der Waals surface area (Å²) in [6.45, 7) is 0. The summed E-state index contributed by atoms with van der Waals surface area (Å²) in [5.74, 6) is 0.269. The fourth-order valence-corrected chi connectivity index (χ4v) is 4.30. The van der Waals surface area contributed by atoms with Gasteiger partial charge in [-0.25, -0.2) is 4.98 Å². The van der Waals surface area contributed by atoms with Gasteiger partial charge in [-0.3, -0.25) is 14.2 Å². The van der Waals surface area contributed by atoms with Gasteiger partial charge in [-0.1, -0.05) is 48.2 Å². The number of thioether (sulfide) groups is 1. The molecule has 4 rings (SSSR count). The predicted molar refractivity (Wildman–Crippen MR) is 107 cm³/mol. The third-order valence-electron chi connectivity index (χ3n) is 3.89. The van der Waals surface area contributed by atoms with E-state index in [0.717, 1.165) is 5.69 Å². The van der Waals surface area contributed by atoms with Crippen molar-refractivity contribution in [2.75, 3.05) is 5.75 Å². The first kappa shape index (κ1) is 16.8. The minimum atomic E-state index is -0.132. The fourth-order valence-electron chi connectivity index (χ4n) is 2.65. The number of nitrogens with zero attached hydrogens (tertiary/aromatic N) is 2. The number of thiophene rings is 1. The van der Waals surface area contributed by atoms with Crippen molar-refractivity contribution in [2.24, 2.45) is 0 Å². The average Bonchev–Trinajstić information content (AvgIpc) is 3.22. The van der Waals surface area contributed by atoms with Crippen molar-refractivity contribution in [3.8, 4) is 5.69 Å². The SMILES string of the molecule is O=C(CSc1nc2ccccc2c(=O)n1-c1ccccc1)c1cccs1. The van der Waals surface area contributed by atoms with E-state index < -0.39 is 0 Å². The van der Waals surface area contributed by atoms with Crippen LogP contribution in [0.15, 0.2) is 82.1 Å². The summed E-state index contributed by atoms with van der Waals surface area (Å²) in [7, 11) is 0. The summed E-state index contributed by atoms with van der Waals surface area (Å²) in [6, 6.07) is 20.3. The number of ketones is 1. The molecule has 0 aliphatic heterocycles. The topological polar surface area (TPSA) is 52.0 Å². The summed E-state index contributed by atoms with van der Waals surface area (Å²) < 4.78 is 1.58. The van der Waals surface area contributed by atoms with E-state index in [0.29, 0.717) is 20.9 Å². The lowest BCUT2D eigenvalue weighted by Gasteiger charge is -2.12. The molecule has 0 atom stereocenters. The second-order valence-electron chi connectivity index (χ2n) is 5.58. The minimum Gasteiger partial charge on any atom is -0.292 e. The van der Waals surface area contributed by atoms with Crippen LogP contribution in [0.3, 0.4) is 0 Å². The number of hydrogen-bond acceptors (Lipinski definition) is 5. The molecule has 2 aromatic heterocycles. The molecule has 0 saturated heterocycles. The number of benzene rings is 2. The maximum Gasteiger partial charge on any atom is 0.266 e. The lowest BCUT2D eigenvalue weighted by molar-refractivity contribution is 0.102. The van der Waals surface area contributed by atoms with Crippen LogP contribution in [0.1, 0.15) is 9.67 Å². The lowest BCUT2D eigenvalue weighted by Crippen LogP contribution is -2.22. The molecule has 0 spiro atoms. The zero-order chi connectivity index (χ0) is 17.9. The van der Waals surface area contributed by atoms with E-state index in [4.69, 9.17) is 0 Å². The van der Waals surface area contributed by atoms with E-state index in [1.807, 2.05) is 66.0 Å². The Morgan fingerprint density at radius 3 is 2.54 bits per heavy atom. The first-order valence-electron chi connectivity index (χ1n) is 8.01. The smallest absolute Gasteiger partial charge is 0.266 e. The van der Waals surface area contributed by atoms with E-state index >= 15 is 0 Å². The maximum absolute atomic E-state index is 13.0. The van der Waals surface area contributed by atoms with E-state index in [2.05, 4.69) is 4.98 Å². The van der Waals surface area contributed by atoms with E-state index in [-0.39, 0.29) is 17.1 Å². The number of para-hydroxylation sites is 2. The Kier molecular flexibility index (Phi) is 4.69. The van der Waals surface area contributed by atoms with Gasteiger partial charge in [0, 0.05) is 0 Å². The highest BCUT2D eigenvalue weighted by Gasteiger charge is 2.15. The molecule has 0 saturated carbocycles. The van der Waals surface area contributed by atoms with Gasteiger partial charge in [-0.05, 0) is 35.7 Å². The van der Waals surface area contributed by atoms with Gasteiger partial charge in [-0.15, -0.1) is 11.3 Å². The minimum absolute atomic E-state index is 0.0343. The zero-order valence-corrected chi connectivity index (χ0v) is 15.3. The number of carbonyl (C=O) groups excluding carboxylic acids is 1. The normalized spacial score (nSPS) is 10.9. The molecular weight excluding hydrogens is 364 g/mol. The van der Waals surface area contributed by atoms with Crippen LogP contribution in [0.5, 0.6) is 0 Å². The summed E-state index contributed by atoms with van der Waals surface area (Å²) in [4.78, 5) is 30.8. The summed E-state index contributed by atoms with van der Waals surface area (Å²) >= 11 is 2.71. The standard InChI is InChI=1S/C20H14N2O2S2/c23-17(18-11-6-12-25-18)13-26-20-21-16-10-5-4-9-15(16)19(24)22(20)14-7-2-1-3-8-14/h1-12H,13H2.